The van der Waals surface area contributed by atoms with Gasteiger partial charge in [0.15, 0.2) is 0 Å². The summed E-state index contributed by atoms with van der Waals surface area (Å²) in [4.78, 5) is 22.4. The summed E-state index contributed by atoms with van der Waals surface area (Å²) < 4.78 is 5.28. The number of nitro groups is 1. The van der Waals surface area contributed by atoms with Crippen molar-refractivity contribution in [2.75, 3.05) is 7.11 Å². The Bertz CT molecular complexity index is 1010. The van der Waals surface area contributed by atoms with Gasteiger partial charge in [0.05, 0.1) is 23.9 Å². The molecule has 9 heteroatoms. The number of carbonyl (C=O) groups is 1. The Hall–Kier alpha value is -4.01. The average molecular weight is 365 g/mol. The van der Waals surface area contributed by atoms with E-state index in [1.165, 1.54) is 24.4 Å². The van der Waals surface area contributed by atoms with Crippen molar-refractivity contribution in [1.82, 2.24) is 15.6 Å². The minimum absolute atomic E-state index is 0.0553. The molecule has 3 aromatic rings. The number of ether oxygens (including phenoxy) is 1. The lowest BCUT2D eigenvalue weighted by Gasteiger charge is -2.04. The summed E-state index contributed by atoms with van der Waals surface area (Å²) in [5, 5.41) is 21.3. The zero-order chi connectivity index (χ0) is 19.2. The van der Waals surface area contributed by atoms with Crippen molar-refractivity contribution in [3.63, 3.8) is 0 Å². The molecular formula is C18H15N5O4. The van der Waals surface area contributed by atoms with Crippen LogP contribution >= 0.6 is 0 Å². The van der Waals surface area contributed by atoms with Gasteiger partial charge in [0.25, 0.3) is 11.6 Å². The molecular weight excluding hydrogens is 350 g/mol. The number of carbonyl (C=O) groups excluding carboxylic acids is 1. The fraction of sp³-hybridized carbons (Fsp3) is 0.0556. The Morgan fingerprint density at radius 2 is 2.07 bits per heavy atom. The van der Waals surface area contributed by atoms with Gasteiger partial charge in [-0.25, -0.2) is 5.43 Å². The molecule has 2 N–H and O–H groups in total. The van der Waals surface area contributed by atoms with Gasteiger partial charge in [0.2, 0.25) is 0 Å². The van der Waals surface area contributed by atoms with E-state index in [9.17, 15) is 14.9 Å². The van der Waals surface area contributed by atoms with E-state index < -0.39 is 10.8 Å². The largest absolute Gasteiger partial charge is 0.496 e. The fourth-order valence-corrected chi connectivity index (χ4v) is 2.38. The van der Waals surface area contributed by atoms with Crippen LogP contribution in [0.3, 0.4) is 0 Å². The smallest absolute Gasteiger partial charge is 0.289 e. The Labute approximate surface area is 153 Å². The second kappa shape index (κ2) is 7.91. The van der Waals surface area contributed by atoms with Crippen molar-refractivity contribution in [2.45, 2.75) is 0 Å². The molecule has 0 aliphatic rings. The third kappa shape index (κ3) is 4.15. The molecule has 0 bridgehead atoms. The van der Waals surface area contributed by atoms with E-state index in [1.807, 2.05) is 18.2 Å². The lowest BCUT2D eigenvalue weighted by Crippen LogP contribution is -2.18. The van der Waals surface area contributed by atoms with Gasteiger partial charge in [0, 0.05) is 23.3 Å². The maximum absolute atomic E-state index is 12.2. The van der Waals surface area contributed by atoms with Crippen LogP contribution in [0.15, 0.2) is 59.7 Å². The molecule has 0 saturated carbocycles. The molecule has 0 radical (unpaired) electrons. The van der Waals surface area contributed by atoms with Gasteiger partial charge in [-0.05, 0) is 18.2 Å². The minimum Gasteiger partial charge on any atom is -0.496 e. The van der Waals surface area contributed by atoms with E-state index in [0.717, 1.165) is 5.56 Å². The number of hydrogen-bond donors (Lipinski definition) is 2. The summed E-state index contributed by atoms with van der Waals surface area (Å²) in [6, 6.07) is 14.8. The second-order valence-electron chi connectivity index (χ2n) is 5.42. The summed E-state index contributed by atoms with van der Waals surface area (Å²) in [6.45, 7) is 0. The van der Waals surface area contributed by atoms with Gasteiger partial charge < -0.3 is 4.74 Å². The molecule has 1 aromatic heterocycles. The maximum Gasteiger partial charge on any atom is 0.289 e. The third-order valence-electron chi connectivity index (χ3n) is 3.67. The van der Waals surface area contributed by atoms with Crippen molar-refractivity contribution in [1.29, 1.82) is 0 Å². The highest BCUT2D eigenvalue weighted by molar-refractivity contribution is 5.94. The van der Waals surface area contributed by atoms with Gasteiger partial charge in [-0.2, -0.15) is 10.2 Å². The maximum atomic E-state index is 12.2. The topological polar surface area (TPSA) is 123 Å². The number of hydrazone groups is 1. The van der Waals surface area contributed by atoms with Gasteiger partial charge in [-0.3, -0.25) is 20.0 Å². The lowest BCUT2D eigenvalue weighted by molar-refractivity contribution is -0.384. The quantitative estimate of drug-likeness (QED) is 0.395. The summed E-state index contributed by atoms with van der Waals surface area (Å²) in [5.41, 5.74) is 4.30. The molecule has 1 amide bonds. The zero-order valence-electron chi connectivity index (χ0n) is 14.2. The van der Waals surface area contributed by atoms with Gasteiger partial charge >= 0.3 is 0 Å². The molecule has 3 rings (SSSR count). The van der Waals surface area contributed by atoms with Crippen LogP contribution in [0.25, 0.3) is 11.3 Å². The number of para-hydroxylation sites is 1. The molecule has 27 heavy (non-hydrogen) atoms. The summed E-state index contributed by atoms with van der Waals surface area (Å²) in [7, 11) is 1.56. The number of nitrogens with zero attached hydrogens (tertiary/aromatic N) is 3. The highest BCUT2D eigenvalue weighted by Gasteiger charge is 2.13. The predicted molar refractivity (Wildman–Crippen MR) is 98.7 cm³/mol. The minimum atomic E-state index is -0.500. The van der Waals surface area contributed by atoms with E-state index in [4.69, 9.17) is 4.74 Å². The van der Waals surface area contributed by atoms with Crippen molar-refractivity contribution in [3.05, 3.63) is 76.0 Å². The highest BCUT2D eigenvalue weighted by atomic mass is 16.6. The van der Waals surface area contributed by atoms with Crippen LogP contribution in [0.1, 0.15) is 16.1 Å². The van der Waals surface area contributed by atoms with Crippen LogP contribution in [-0.4, -0.2) is 34.4 Å². The Morgan fingerprint density at radius 1 is 1.26 bits per heavy atom. The van der Waals surface area contributed by atoms with Crippen LogP contribution in [-0.2, 0) is 0 Å². The van der Waals surface area contributed by atoms with Crippen molar-refractivity contribution >= 4 is 17.8 Å². The average Bonchev–Trinajstić information content (AvgIpc) is 3.18. The van der Waals surface area contributed by atoms with E-state index in [1.54, 1.807) is 25.3 Å². The van der Waals surface area contributed by atoms with E-state index >= 15 is 0 Å². The first-order chi connectivity index (χ1) is 13.1. The molecule has 0 saturated heterocycles. The third-order valence-corrected chi connectivity index (χ3v) is 3.67. The predicted octanol–water partition coefficient (Wildman–Crippen LogP) is 2.76. The van der Waals surface area contributed by atoms with Crippen molar-refractivity contribution in [2.24, 2.45) is 5.10 Å². The number of nitrogens with one attached hydrogen (secondary N) is 2. The van der Waals surface area contributed by atoms with Gasteiger partial charge in [-0.1, -0.05) is 24.3 Å². The molecule has 0 aliphatic heterocycles. The van der Waals surface area contributed by atoms with Crippen LogP contribution < -0.4 is 10.2 Å². The first-order valence-electron chi connectivity index (χ1n) is 7.85. The molecule has 2 aromatic carbocycles. The first-order valence-corrected chi connectivity index (χ1v) is 7.85. The summed E-state index contributed by atoms with van der Waals surface area (Å²) in [6.07, 6.45) is 1.32. The number of aromatic nitrogens is 2. The lowest BCUT2D eigenvalue weighted by atomic mass is 10.1. The van der Waals surface area contributed by atoms with Crippen LogP contribution in [0.2, 0.25) is 0 Å². The Morgan fingerprint density at radius 3 is 2.85 bits per heavy atom. The number of H-pyrrole nitrogens is 1. The number of non-ortho nitro benzene ring substituents is 1. The summed E-state index contributed by atoms with van der Waals surface area (Å²) >= 11 is 0. The number of aromatic amines is 1. The molecule has 136 valence electrons. The van der Waals surface area contributed by atoms with E-state index in [-0.39, 0.29) is 11.4 Å². The zero-order valence-corrected chi connectivity index (χ0v) is 14.2. The molecule has 0 unspecified atom stereocenters. The van der Waals surface area contributed by atoms with Crippen LogP contribution in [0.5, 0.6) is 5.75 Å². The molecule has 0 atom stereocenters. The van der Waals surface area contributed by atoms with Crippen molar-refractivity contribution < 1.29 is 14.5 Å². The van der Waals surface area contributed by atoms with Crippen LogP contribution in [0, 0.1) is 10.1 Å². The highest BCUT2D eigenvalue weighted by Crippen LogP contribution is 2.28. The molecule has 9 nitrogen and oxygen atoms in total. The molecule has 0 fully saturated rings. The Balaban J connectivity index is 1.70. The number of nitro benzene ring substituents is 1. The van der Waals surface area contributed by atoms with E-state index in [2.05, 4.69) is 20.7 Å². The molecule has 0 spiro atoms. The van der Waals surface area contributed by atoms with Crippen LogP contribution in [0.4, 0.5) is 5.69 Å². The van der Waals surface area contributed by atoms with Crippen molar-refractivity contribution in [3.8, 4) is 17.0 Å². The number of amides is 1. The van der Waals surface area contributed by atoms with E-state index in [0.29, 0.717) is 17.0 Å². The Kier molecular flexibility index (Phi) is 5.22. The summed E-state index contributed by atoms with van der Waals surface area (Å²) in [5.74, 6) is 0.143. The molecule has 1 heterocycles. The number of rotatable bonds is 6. The number of hydrogen-bond acceptors (Lipinski definition) is 6. The first kappa shape index (κ1) is 17.8. The van der Waals surface area contributed by atoms with Gasteiger partial charge in [-0.15, -0.1) is 0 Å². The molecule has 0 aliphatic carbocycles. The monoisotopic (exact) mass is 365 g/mol. The number of methoxy groups -OCH3 is 1. The normalized spacial score (nSPS) is 10.7. The standard InChI is InChI=1S/C18H15N5O4/c1-27-17-8-3-2-7-14(17)15-10-16(21-20-15)18(24)22-19-11-12-5-4-6-13(9-12)23(25)26/h2-11H,1H3,(H,20,21)(H,22,24)/b19-11-. The fourth-order valence-electron chi connectivity index (χ4n) is 2.38. The SMILES string of the molecule is COc1ccccc1-c1cc(C(=O)N/N=C\c2cccc([N+](=O)[O-])c2)[nH]n1. The number of benzene rings is 2. The second-order valence-corrected chi connectivity index (χ2v) is 5.42. The van der Waals surface area contributed by atoms with Gasteiger partial charge in [0.1, 0.15) is 11.4 Å².